The predicted molar refractivity (Wildman–Crippen MR) is 178 cm³/mol. The molecule has 0 atom stereocenters. The Labute approximate surface area is 282 Å². The smallest absolute Gasteiger partial charge is 0.358 e. The van der Waals surface area contributed by atoms with E-state index >= 15 is 0 Å². The monoisotopic (exact) mass is 687 g/mol. The van der Waals surface area contributed by atoms with E-state index in [0.29, 0.717) is 17.3 Å². The maximum absolute atomic E-state index is 12.1. The minimum Gasteiger partial charge on any atom is -0.358 e. The lowest BCUT2D eigenvalue weighted by Crippen LogP contribution is -2.06. The molecule has 0 fully saturated rings. The van der Waals surface area contributed by atoms with Gasteiger partial charge in [-0.05, 0) is 58.1 Å². The first-order valence-corrected chi connectivity index (χ1v) is 15.1. The molecule has 13 nitrogen and oxygen atoms in total. The van der Waals surface area contributed by atoms with Crippen LogP contribution in [0.4, 0.5) is 30.4 Å². The number of nitrogens with zero attached hydrogens (tertiary/aromatic N) is 7. The number of aromatic nitrogens is 4. The van der Waals surface area contributed by atoms with Crippen LogP contribution in [0.15, 0.2) is 73.2 Å². The SMILES string of the molecule is CC(C)c1ccc(C(F)(F)F)cn1.CC(C)c1ccc([N+](=O)[O-])cn1.CC(C)c1cccc([N+](=O)[O-])n1.CC(C)c1ncccc1[N+](=O)[O-]. The van der Waals surface area contributed by atoms with Crippen LogP contribution in [0.25, 0.3) is 0 Å². The lowest BCUT2D eigenvalue weighted by molar-refractivity contribution is -0.389. The first-order valence-electron chi connectivity index (χ1n) is 15.1. The summed E-state index contributed by atoms with van der Waals surface area (Å²) in [6.45, 7) is 15.4. The summed E-state index contributed by atoms with van der Waals surface area (Å²) in [5.41, 5.74) is 2.30. The molecule has 264 valence electrons. The van der Waals surface area contributed by atoms with Crippen LogP contribution in [0.2, 0.25) is 0 Å². The third-order valence-corrected chi connectivity index (χ3v) is 6.37. The van der Waals surface area contributed by atoms with Crippen molar-refractivity contribution in [3.63, 3.8) is 0 Å². The van der Waals surface area contributed by atoms with Crippen molar-refractivity contribution in [1.82, 2.24) is 19.9 Å². The summed E-state index contributed by atoms with van der Waals surface area (Å²) >= 11 is 0. The molecule has 0 aliphatic heterocycles. The highest BCUT2D eigenvalue weighted by molar-refractivity contribution is 5.36. The van der Waals surface area contributed by atoms with Gasteiger partial charge in [-0.15, -0.1) is 0 Å². The molecular formula is C33H40F3N7O6. The van der Waals surface area contributed by atoms with Crippen molar-refractivity contribution in [3.05, 3.63) is 132 Å². The van der Waals surface area contributed by atoms with E-state index in [4.69, 9.17) is 0 Å². The minimum absolute atomic E-state index is 0.0411. The summed E-state index contributed by atoms with van der Waals surface area (Å²) in [6.07, 6.45) is -0.560. The minimum atomic E-state index is -4.29. The van der Waals surface area contributed by atoms with Gasteiger partial charge in [0, 0.05) is 53.8 Å². The Morgan fingerprint density at radius 3 is 1.51 bits per heavy atom. The van der Waals surface area contributed by atoms with E-state index in [0.717, 1.165) is 23.7 Å². The zero-order chi connectivity index (χ0) is 37.5. The van der Waals surface area contributed by atoms with Crippen molar-refractivity contribution < 1.29 is 27.9 Å². The topological polar surface area (TPSA) is 181 Å². The molecule has 0 bridgehead atoms. The van der Waals surface area contributed by atoms with Crippen molar-refractivity contribution in [2.24, 2.45) is 0 Å². The second-order valence-electron chi connectivity index (χ2n) is 11.6. The Kier molecular flexibility index (Phi) is 16.5. The molecule has 0 amide bonds. The van der Waals surface area contributed by atoms with Gasteiger partial charge in [-0.25, -0.2) is 0 Å². The molecular weight excluding hydrogens is 647 g/mol. The average molecular weight is 688 g/mol. The van der Waals surface area contributed by atoms with Crippen molar-refractivity contribution in [3.8, 4) is 0 Å². The summed E-state index contributed by atoms with van der Waals surface area (Å²) in [5, 5.41) is 31.1. The zero-order valence-corrected chi connectivity index (χ0v) is 28.5. The van der Waals surface area contributed by atoms with Crippen molar-refractivity contribution in [2.45, 2.75) is 85.2 Å². The van der Waals surface area contributed by atoms with E-state index in [9.17, 15) is 43.5 Å². The van der Waals surface area contributed by atoms with Crippen LogP contribution in [-0.2, 0) is 6.18 Å². The lowest BCUT2D eigenvalue weighted by atomic mass is 10.1. The summed E-state index contributed by atoms with van der Waals surface area (Å²) in [7, 11) is 0. The molecule has 0 saturated heterocycles. The van der Waals surface area contributed by atoms with Gasteiger partial charge in [-0.2, -0.15) is 13.2 Å². The second-order valence-corrected chi connectivity index (χ2v) is 11.6. The van der Waals surface area contributed by atoms with E-state index < -0.39 is 26.5 Å². The molecule has 0 aromatic carbocycles. The normalized spacial score (nSPS) is 10.8. The van der Waals surface area contributed by atoms with E-state index in [-0.39, 0.29) is 34.9 Å². The first-order chi connectivity index (χ1) is 22.8. The van der Waals surface area contributed by atoms with E-state index in [2.05, 4.69) is 19.9 Å². The molecule has 16 heteroatoms. The number of nitro groups is 3. The summed E-state index contributed by atoms with van der Waals surface area (Å²) < 4.78 is 36.2. The molecule has 49 heavy (non-hydrogen) atoms. The van der Waals surface area contributed by atoms with Crippen molar-refractivity contribution in [1.29, 1.82) is 0 Å². The number of halogens is 3. The number of hydrogen-bond donors (Lipinski definition) is 0. The largest absolute Gasteiger partial charge is 0.417 e. The number of hydrogen-bond acceptors (Lipinski definition) is 10. The fourth-order valence-electron chi connectivity index (χ4n) is 3.63. The highest BCUT2D eigenvalue weighted by Gasteiger charge is 2.30. The maximum Gasteiger partial charge on any atom is 0.417 e. The zero-order valence-electron chi connectivity index (χ0n) is 28.5. The van der Waals surface area contributed by atoms with Gasteiger partial charge in [0.2, 0.25) is 0 Å². The van der Waals surface area contributed by atoms with Gasteiger partial charge in [0.15, 0.2) is 5.69 Å². The van der Waals surface area contributed by atoms with Gasteiger partial charge in [-0.3, -0.25) is 35.2 Å². The van der Waals surface area contributed by atoms with Crippen LogP contribution in [0.3, 0.4) is 0 Å². The molecule has 4 heterocycles. The number of rotatable bonds is 7. The third-order valence-electron chi connectivity index (χ3n) is 6.37. The Balaban J connectivity index is 0.000000327. The third kappa shape index (κ3) is 14.5. The van der Waals surface area contributed by atoms with Gasteiger partial charge in [0.05, 0.1) is 15.4 Å². The van der Waals surface area contributed by atoms with Crippen molar-refractivity contribution >= 4 is 17.2 Å². The van der Waals surface area contributed by atoms with Crippen LogP contribution in [0.5, 0.6) is 0 Å². The molecule has 4 aromatic heterocycles. The predicted octanol–water partition coefficient (Wildman–Crippen LogP) is 9.56. The number of pyridine rings is 4. The highest BCUT2D eigenvalue weighted by Crippen LogP contribution is 2.29. The Morgan fingerprint density at radius 1 is 0.592 bits per heavy atom. The fourth-order valence-corrected chi connectivity index (χ4v) is 3.63. The Morgan fingerprint density at radius 2 is 1.14 bits per heavy atom. The van der Waals surface area contributed by atoms with Gasteiger partial charge < -0.3 is 10.1 Å². The molecule has 0 spiro atoms. The lowest BCUT2D eigenvalue weighted by Gasteiger charge is -2.08. The Bertz CT molecular complexity index is 1650. The molecule has 0 radical (unpaired) electrons. The van der Waals surface area contributed by atoms with Crippen LogP contribution >= 0.6 is 0 Å². The summed E-state index contributed by atoms with van der Waals surface area (Å²) in [4.78, 5) is 45.2. The summed E-state index contributed by atoms with van der Waals surface area (Å²) in [5.74, 6) is 0.700. The highest BCUT2D eigenvalue weighted by atomic mass is 19.4. The quantitative estimate of drug-likeness (QED) is 0.134. The standard InChI is InChI=1S/C9H10F3N.3C8H10N2O2/c1-6(2)8-4-3-7(5-13-8)9(10,11)12;1-6(2)8-4-3-7(5-9-8)10(11)12;1-6(2)8-7(10(11)12)4-3-5-9-8;1-6(2)7-4-3-5-8(9-7)10(11)12/h3-6H,1-2H3;3*3-6H,1-2H3. The molecule has 4 aromatic rings. The van der Waals surface area contributed by atoms with E-state index in [1.165, 1.54) is 30.5 Å². The molecule has 0 aliphatic rings. The Hall–Kier alpha value is -5.41. The molecule has 0 N–H and O–H groups in total. The first kappa shape index (κ1) is 41.6. The maximum atomic E-state index is 12.1. The van der Waals surface area contributed by atoms with Gasteiger partial charge in [0.1, 0.15) is 11.9 Å². The molecule has 0 aliphatic carbocycles. The average Bonchev–Trinajstić information content (AvgIpc) is 3.05. The second kappa shape index (κ2) is 19.4. The van der Waals surface area contributed by atoms with E-state index in [1.807, 2.05) is 55.4 Å². The van der Waals surface area contributed by atoms with Gasteiger partial charge in [-0.1, -0.05) is 55.4 Å². The summed E-state index contributed by atoms with van der Waals surface area (Å²) in [6, 6.07) is 13.5. The fraction of sp³-hybridized carbons (Fsp3) is 0.394. The van der Waals surface area contributed by atoms with Gasteiger partial charge in [0.25, 0.3) is 11.4 Å². The van der Waals surface area contributed by atoms with E-state index in [1.54, 1.807) is 30.5 Å². The molecule has 4 rings (SSSR count). The van der Waals surface area contributed by atoms with Crippen LogP contribution in [-0.4, -0.2) is 34.7 Å². The van der Waals surface area contributed by atoms with Crippen molar-refractivity contribution in [2.75, 3.05) is 0 Å². The molecule has 0 saturated carbocycles. The van der Waals surface area contributed by atoms with Crippen LogP contribution in [0.1, 0.15) is 107 Å². The van der Waals surface area contributed by atoms with Gasteiger partial charge >= 0.3 is 12.0 Å². The van der Waals surface area contributed by atoms with Crippen LogP contribution < -0.4 is 0 Å². The molecule has 0 unspecified atom stereocenters. The van der Waals surface area contributed by atoms with Crippen LogP contribution in [0, 0.1) is 30.3 Å². The number of alkyl halides is 3.